The Labute approximate surface area is 116 Å². The minimum atomic E-state index is 0.377. The Morgan fingerprint density at radius 2 is 1.00 bits per heavy atom. The van der Waals surface area contributed by atoms with E-state index in [9.17, 15) is 0 Å². The van der Waals surface area contributed by atoms with Crippen molar-refractivity contribution in [3.05, 3.63) is 12.2 Å². The number of hydrogen-bond donors (Lipinski definition) is 0. The van der Waals surface area contributed by atoms with Crippen molar-refractivity contribution in [2.45, 2.75) is 81.1 Å². The van der Waals surface area contributed by atoms with Crippen molar-refractivity contribution in [2.75, 3.05) is 0 Å². The Morgan fingerprint density at radius 3 is 1.17 bits per heavy atom. The second-order valence-corrected chi connectivity index (χ2v) is 7.54. The molecule has 0 amide bonds. The molecule has 0 bridgehead atoms. The molecule has 0 heteroatoms. The van der Waals surface area contributed by atoms with Crippen LogP contribution in [0.25, 0.3) is 0 Å². The summed E-state index contributed by atoms with van der Waals surface area (Å²) in [6, 6.07) is 0. The highest BCUT2D eigenvalue weighted by Gasteiger charge is 2.24. The molecule has 0 aliphatic carbocycles. The first-order chi connectivity index (χ1) is 8.16. The van der Waals surface area contributed by atoms with Gasteiger partial charge in [-0.3, -0.25) is 0 Å². The van der Waals surface area contributed by atoms with Gasteiger partial charge in [0.1, 0.15) is 0 Å². The van der Waals surface area contributed by atoms with Gasteiger partial charge in [-0.15, -0.1) is 0 Å². The van der Waals surface area contributed by atoms with Gasteiger partial charge < -0.3 is 0 Å². The Bertz CT molecular complexity index is 223. The summed E-state index contributed by atoms with van der Waals surface area (Å²) < 4.78 is 0. The summed E-state index contributed by atoms with van der Waals surface area (Å²) in [5, 5.41) is 0. The molecular formula is C18H36. The number of hydrogen-bond acceptors (Lipinski definition) is 0. The molecule has 0 saturated heterocycles. The summed E-state index contributed by atoms with van der Waals surface area (Å²) >= 11 is 0. The molecule has 0 N–H and O–H groups in total. The maximum absolute atomic E-state index is 2.51. The SMILES string of the molecule is CCC(C)(C=CC(C)(CC)CC(C)C)CC(C)C. The molecule has 0 aromatic rings. The first-order valence-corrected chi connectivity index (χ1v) is 7.87. The molecule has 2 atom stereocenters. The smallest absolute Gasteiger partial charge is 0.0147 e. The van der Waals surface area contributed by atoms with E-state index in [1.54, 1.807) is 0 Å². The molecular weight excluding hydrogens is 216 g/mol. The second-order valence-electron chi connectivity index (χ2n) is 7.54. The van der Waals surface area contributed by atoms with Crippen LogP contribution in [-0.4, -0.2) is 0 Å². The first-order valence-electron chi connectivity index (χ1n) is 7.87. The first kappa shape index (κ1) is 17.7. The normalized spacial score (nSPS) is 19.4. The van der Waals surface area contributed by atoms with Crippen molar-refractivity contribution < 1.29 is 0 Å². The van der Waals surface area contributed by atoms with Crippen molar-refractivity contribution in [2.24, 2.45) is 22.7 Å². The molecule has 0 spiro atoms. The lowest BCUT2D eigenvalue weighted by atomic mass is 9.74. The molecule has 2 unspecified atom stereocenters. The fourth-order valence-corrected chi connectivity index (χ4v) is 2.93. The molecule has 0 heterocycles. The van der Waals surface area contributed by atoms with Crippen molar-refractivity contribution in [1.29, 1.82) is 0 Å². The third-order valence-electron chi connectivity index (χ3n) is 4.25. The summed E-state index contributed by atoms with van der Waals surface area (Å²) in [6.07, 6.45) is 10.1. The predicted molar refractivity (Wildman–Crippen MR) is 84.8 cm³/mol. The summed E-state index contributed by atoms with van der Waals surface area (Å²) in [5.74, 6) is 1.55. The van der Waals surface area contributed by atoms with Crippen molar-refractivity contribution in [3.63, 3.8) is 0 Å². The average molecular weight is 252 g/mol. The van der Waals surface area contributed by atoms with E-state index in [0.29, 0.717) is 10.8 Å². The summed E-state index contributed by atoms with van der Waals surface area (Å²) in [4.78, 5) is 0. The van der Waals surface area contributed by atoms with E-state index >= 15 is 0 Å². The predicted octanol–water partition coefficient (Wildman–Crippen LogP) is 6.47. The third-order valence-corrected chi connectivity index (χ3v) is 4.25. The summed E-state index contributed by atoms with van der Waals surface area (Å²) in [7, 11) is 0. The van der Waals surface area contributed by atoms with Crippen LogP contribution >= 0.6 is 0 Å². The third kappa shape index (κ3) is 6.61. The quantitative estimate of drug-likeness (QED) is 0.434. The van der Waals surface area contributed by atoms with Crippen molar-refractivity contribution in [3.8, 4) is 0 Å². The lowest BCUT2D eigenvalue weighted by Crippen LogP contribution is -2.19. The average Bonchev–Trinajstić information content (AvgIpc) is 2.25. The molecule has 0 aliphatic rings. The van der Waals surface area contributed by atoms with Crippen LogP contribution in [0.3, 0.4) is 0 Å². The standard InChI is InChI=1S/C18H36/c1-9-17(7,13-15(3)4)11-12-18(8,10-2)14-16(5)6/h11-12,15-16H,9-10,13-14H2,1-8H3. The summed E-state index contributed by atoms with van der Waals surface area (Å²) in [6.45, 7) is 18.8. The van der Waals surface area contributed by atoms with Crippen LogP contribution in [0.4, 0.5) is 0 Å². The molecule has 108 valence electrons. The monoisotopic (exact) mass is 252 g/mol. The van der Waals surface area contributed by atoms with Gasteiger partial charge in [-0.25, -0.2) is 0 Å². The fraction of sp³-hybridized carbons (Fsp3) is 0.889. The Morgan fingerprint density at radius 1 is 0.722 bits per heavy atom. The minimum absolute atomic E-state index is 0.377. The lowest BCUT2D eigenvalue weighted by Gasteiger charge is -2.31. The van der Waals surface area contributed by atoms with Gasteiger partial charge in [-0.05, 0) is 48.3 Å². The maximum Gasteiger partial charge on any atom is -0.0147 e. The highest BCUT2D eigenvalue weighted by atomic mass is 14.3. The van der Waals surface area contributed by atoms with E-state index in [1.165, 1.54) is 25.7 Å². The highest BCUT2D eigenvalue weighted by Crippen LogP contribution is 2.36. The van der Waals surface area contributed by atoms with E-state index in [4.69, 9.17) is 0 Å². The van der Waals surface area contributed by atoms with Crippen LogP contribution in [0.2, 0.25) is 0 Å². The zero-order chi connectivity index (χ0) is 14.4. The largest absolute Gasteiger partial charge is 0.0820 e. The van der Waals surface area contributed by atoms with Crippen LogP contribution in [0, 0.1) is 22.7 Å². The van der Waals surface area contributed by atoms with Gasteiger partial charge in [-0.1, -0.05) is 67.5 Å². The molecule has 0 rings (SSSR count). The second kappa shape index (κ2) is 7.36. The van der Waals surface area contributed by atoms with Gasteiger partial charge >= 0.3 is 0 Å². The van der Waals surface area contributed by atoms with Gasteiger partial charge in [0.25, 0.3) is 0 Å². The molecule has 18 heavy (non-hydrogen) atoms. The van der Waals surface area contributed by atoms with Crippen LogP contribution < -0.4 is 0 Å². The van der Waals surface area contributed by atoms with Crippen LogP contribution in [0.5, 0.6) is 0 Å². The van der Waals surface area contributed by atoms with E-state index in [0.717, 1.165) is 11.8 Å². The molecule has 0 saturated carbocycles. The van der Waals surface area contributed by atoms with E-state index in [1.807, 2.05) is 0 Å². The van der Waals surface area contributed by atoms with Gasteiger partial charge in [0.05, 0.1) is 0 Å². The maximum atomic E-state index is 2.51. The molecule has 0 aromatic heterocycles. The zero-order valence-electron chi connectivity index (χ0n) is 14.1. The number of allylic oxidation sites excluding steroid dienone is 2. The highest BCUT2D eigenvalue weighted by molar-refractivity contribution is 5.04. The van der Waals surface area contributed by atoms with Crippen molar-refractivity contribution >= 4 is 0 Å². The van der Waals surface area contributed by atoms with Crippen molar-refractivity contribution in [1.82, 2.24) is 0 Å². The molecule has 0 nitrogen and oxygen atoms in total. The zero-order valence-corrected chi connectivity index (χ0v) is 14.1. The van der Waals surface area contributed by atoms with Crippen LogP contribution in [0.1, 0.15) is 81.1 Å². The van der Waals surface area contributed by atoms with Gasteiger partial charge in [0.2, 0.25) is 0 Å². The Balaban J connectivity index is 4.83. The molecule has 0 radical (unpaired) electrons. The van der Waals surface area contributed by atoms with E-state index in [2.05, 4.69) is 67.5 Å². The molecule has 0 fully saturated rings. The minimum Gasteiger partial charge on any atom is -0.0820 e. The molecule has 0 aliphatic heterocycles. The van der Waals surface area contributed by atoms with Crippen LogP contribution in [0.15, 0.2) is 12.2 Å². The van der Waals surface area contributed by atoms with E-state index in [-0.39, 0.29) is 0 Å². The Kier molecular flexibility index (Phi) is 7.25. The Hall–Kier alpha value is -0.260. The lowest BCUT2D eigenvalue weighted by molar-refractivity contribution is 0.297. The number of rotatable bonds is 8. The summed E-state index contributed by atoms with van der Waals surface area (Å²) in [5.41, 5.74) is 0.753. The van der Waals surface area contributed by atoms with Gasteiger partial charge in [0, 0.05) is 0 Å². The van der Waals surface area contributed by atoms with Crippen LogP contribution in [-0.2, 0) is 0 Å². The van der Waals surface area contributed by atoms with Gasteiger partial charge in [-0.2, -0.15) is 0 Å². The molecule has 0 aromatic carbocycles. The van der Waals surface area contributed by atoms with E-state index < -0.39 is 0 Å². The fourth-order valence-electron chi connectivity index (χ4n) is 2.93. The topological polar surface area (TPSA) is 0 Å². The van der Waals surface area contributed by atoms with Gasteiger partial charge in [0.15, 0.2) is 0 Å².